The third kappa shape index (κ3) is 5.28. The number of carbonyl (C=O) groups is 1. The van der Waals surface area contributed by atoms with Crippen LogP contribution >= 0.6 is 11.3 Å². The van der Waals surface area contributed by atoms with Gasteiger partial charge in [-0.15, -0.1) is 0 Å². The van der Waals surface area contributed by atoms with E-state index >= 15 is 0 Å². The highest BCUT2D eigenvalue weighted by atomic mass is 32.1. The number of aryl methyl sites for hydroxylation is 1. The summed E-state index contributed by atoms with van der Waals surface area (Å²) >= 11 is 1.67. The minimum Gasteiger partial charge on any atom is -0.326 e. The van der Waals surface area contributed by atoms with Gasteiger partial charge in [0.05, 0.1) is 0 Å². The number of benzene rings is 1. The molecule has 0 saturated carbocycles. The number of amides is 1. The molecule has 0 unspecified atom stereocenters. The maximum Gasteiger partial charge on any atom is 0.224 e. The molecule has 0 radical (unpaired) electrons. The van der Waals surface area contributed by atoms with Crippen molar-refractivity contribution in [2.45, 2.75) is 33.2 Å². The van der Waals surface area contributed by atoms with Gasteiger partial charge >= 0.3 is 0 Å². The highest BCUT2D eigenvalue weighted by molar-refractivity contribution is 7.07. The maximum atomic E-state index is 12.0. The Morgan fingerprint density at radius 2 is 2.00 bits per heavy atom. The van der Waals surface area contributed by atoms with Gasteiger partial charge in [0, 0.05) is 18.7 Å². The van der Waals surface area contributed by atoms with Gasteiger partial charge in [-0.2, -0.15) is 11.3 Å². The number of rotatable bonds is 8. The summed E-state index contributed by atoms with van der Waals surface area (Å²) in [6.45, 7) is 7.33. The van der Waals surface area contributed by atoms with Crippen LogP contribution in [-0.4, -0.2) is 23.9 Å². The predicted molar refractivity (Wildman–Crippen MR) is 94.3 cm³/mol. The molecule has 4 heteroatoms. The van der Waals surface area contributed by atoms with E-state index in [1.165, 1.54) is 11.1 Å². The summed E-state index contributed by atoms with van der Waals surface area (Å²) in [5.74, 6) is 0.0752. The van der Waals surface area contributed by atoms with Gasteiger partial charge in [0.25, 0.3) is 0 Å². The molecular formula is C18H24N2OS. The average molecular weight is 316 g/mol. The molecule has 1 N–H and O–H groups in total. The Bertz CT molecular complexity index is 577. The number of hydrogen-bond acceptors (Lipinski definition) is 3. The quantitative estimate of drug-likeness (QED) is 0.793. The van der Waals surface area contributed by atoms with Crippen LogP contribution < -0.4 is 5.32 Å². The van der Waals surface area contributed by atoms with Gasteiger partial charge in [0.2, 0.25) is 5.91 Å². The van der Waals surface area contributed by atoms with Gasteiger partial charge in [-0.25, -0.2) is 0 Å². The van der Waals surface area contributed by atoms with Gasteiger partial charge in [0.15, 0.2) is 0 Å². The molecule has 0 spiro atoms. The number of hydrogen-bond donors (Lipinski definition) is 1. The molecule has 1 aromatic heterocycles. The van der Waals surface area contributed by atoms with Crippen molar-refractivity contribution in [3.8, 4) is 0 Å². The first-order valence-electron chi connectivity index (χ1n) is 7.83. The molecule has 1 amide bonds. The number of carbonyl (C=O) groups excluding carboxylic acids is 1. The van der Waals surface area contributed by atoms with Gasteiger partial charge in [-0.3, -0.25) is 9.69 Å². The van der Waals surface area contributed by atoms with Gasteiger partial charge in [0.1, 0.15) is 0 Å². The van der Waals surface area contributed by atoms with Crippen LogP contribution in [0.15, 0.2) is 41.1 Å². The van der Waals surface area contributed by atoms with Crippen molar-refractivity contribution >= 4 is 22.9 Å². The second kappa shape index (κ2) is 8.71. The summed E-state index contributed by atoms with van der Waals surface area (Å²) in [4.78, 5) is 14.4. The van der Waals surface area contributed by atoms with Gasteiger partial charge in [-0.05, 0) is 59.6 Å². The SMILES string of the molecule is CCN(CC)Cc1cccc(NC(=O)CCc2ccsc2)c1. The summed E-state index contributed by atoms with van der Waals surface area (Å²) in [7, 11) is 0. The first-order chi connectivity index (χ1) is 10.7. The molecule has 0 atom stereocenters. The fourth-order valence-electron chi connectivity index (χ4n) is 2.37. The Hall–Kier alpha value is -1.65. The highest BCUT2D eigenvalue weighted by Crippen LogP contribution is 2.14. The summed E-state index contributed by atoms with van der Waals surface area (Å²) in [6.07, 6.45) is 1.32. The zero-order chi connectivity index (χ0) is 15.8. The van der Waals surface area contributed by atoms with E-state index in [0.29, 0.717) is 6.42 Å². The number of nitrogens with one attached hydrogen (secondary N) is 1. The van der Waals surface area contributed by atoms with Crippen LogP contribution in [0.3, 0.4) is 0 Å². The molecule has 1 heterocycles. The van der Waals surface area contributed by atoms with E-state index in [4.69, 9.17) is 0 Å². The Kier molecular flexibility index (Phi) is 6.62. The average Bonchev–Trinajstić information content (AvgIpc) is 3.04. The monoisotopic (exact) mass is 316 g/mol. The molecule has 0 aliphatic carbocycles. The molecule has 0 aliphatic rings. The van der Waals surface area contributed by atoms with E-state index in [1.807, 2.05) is 17.5 Å². The van der Waals surface area contributed by atoms with Crippen LogP contribution in [0.4, 0.5) is 5.69 Å². The van der Waals surface area contributed by atoms with Crippen molar-refractivity contribution in [3.63, 3.8) is 0 Å². The normalized spacial score (nSPS) is 10.9. The smallest absolute Gasteiger partial charge is 0.224 e. The zero-order valence-corrected chi connectivity index (χ0v) is 14.2. The molecule has 1 aromatic carbocycles. The lowest BCUT2D eigenvalue weighted by molar-refractivity contribution is -0.116. The molecule has 2 aromatic rings. The van der Waals surface area contributed by atoms with Crippen molar-refractivity contribution in [2.24, 2.45) is 0 Å². The lowest BCUT2D eigenvalue weighted by Gasteiger charge is -2.18. The fraction of sp³-hybridized carbons (Fsp3) is 0.389. The molecule has 2 rings (SSSR count). The molecule has 0 aliphatic heterocycles. The van der Waals surface area contributed by atoms with Crippen molar-refractivity contribution in [1.82, 2.24) is 4.90 Å². The van der Waals surface area contributed by atoms with Gasteiger partial charge < -0.3 is 5.32 Å². The van der Waals surface area contributed by atoms with Crippen LogP contribution in [0.5, 0.6) is 0 Å². The van der Waals surface area contributed by atoms with E-state index < -0.39 is 0 Å². The molecule has 118 valence electrons. The second-order valence-corrected chi connectivity index (χ2v) is 6.12. The fourth-order valence-corrected chi connectivity index (χ4v) is 3.07. The summed E-state index contributed by atoms with van der Waals surface area (Å²) in [5.41, 5.74) is 3.36. The number of thiophene rings is 1. The van der Waals surface area contributed by atoms with Gasteiger partial charge in [-0.1, -0.05) is 26.0 Å². The molecule has 0 bridgehead atoms. The minimum atomic E-state index is 0.0752. The van der Waals surface area contributed by atoms with E-state index in [9.17, 15) is 4.79 Å². The molecule has 0 saturated heterocycles. The minimum absolute atomic E-state index is 0.0752. The lowest BCUT2D eigenvalue weighted by atomic mass is 10.1. The van der Waals surface area contributed by atoms with Crippen LogP contribution in [0.25, 0.3) is 0 Å². The predicted octanol–water partition coefficient (Wildman–Crippen LogP) is 4.16. The molecular weight excluding hydrogens is 292 g/mol. The van der Waals surface area contributed by atoms with Crippen LogP contribution in [0, 0.1) is 0 Å². The van der Waals surface area contributed by atoms with E-state index in [2.05, 4.69) is 47.6 Å². The summed E-state index contributed by atoms with van der Waals surface area (Å²) < 4.78 is 0. The van der Waals surface area contributed by atoms with E-state index in [1.54, 1.807) is 11.3 Å². The Labute approximate surface area is 137 Å². The standard InChI is InChI=1S/C18H24N2OS/c1-3-20(4-2)13-16-6-5-7-17(12-16)19-18(21)9-8-15-10-11-22-14-15/h5-7,10-12,14H,3-4,8-9,13H2,1-2H3,(H,19,21). The third-order valence-corrected chi connectivity index (χ3v) is 4.46. The van der Waals surface area contributed by atoms with Crippen molar-refractivity contribution < 1.29 is 4.79 Å². The Morgan fingerprint density at radius 1 is 1.18 bits per heavy atom. The molecule has 0 fully saturated rings. The number of anilines is 1. The van der Waals surface area contributed by atoms with Crippen LogP contribution in [0.2, 0.25) is 0 Å². The summed E-state index contributed by atoms with van der Waals surface area (Å²) in [5, 5.41) is 7.14. The van der Waals surface area contributed by atoms with Crippen LogP contribution in [0.1, 0.15) is 31.4 Å². The highest BCUT2D eigenvalue weighted by Gasteiger charge is 2.06. The Morgan fingerprint density at radius 3 is 2.68 bits per heavy atom. The maximum absolute atomic E-state index is 12.0. The van der Waals surface area contributed by atoms with Crippen molar-refractivity contribution in [3.05, 3.63) is 52.2 Å². The largest absolute Gasteiger partial charge is 0.326 e. The topological polar surface area (TPSA) is 32.3 Å². The Balaban J connectivity index is 1.87. The lowest BCUT2D eigenvalue weighted by Crippen LogP contribution is -2.22. The zero-order valence-electron chi connectivity index (χ0n) is 13.3. The third-order valence-electron chi connectivity index (χ3n) is 3.73. The summed E-state index contributed by atoms with van der Waals surface area (Å²) in [6, 6.07) is 10.2. The molecule has 3 nitrogen and oxygen atoms in total. The second-order valence-electron chi connectivity index (χ2n) is 5.34. The first-order valence-corrected chi connectivity index (χ1v) is 8.77. The van der Waals surface area contributed by atoms with Crippen LogP contribution in [-0.2, 0) is 17.8 Å². The van der Waals surface area contributed by atoms with E-state index in [0.717, 1.165) is 31.7 Å². The molecule has 22 heavy (non-hydrogen) atoms. The van der Waals surface area contributed by atoms with E-state index in [-0.39, 0.29) is 5.91 Å². The van der Waals surface area contributed by atoms with Crippen molar-refractivity contribution in [2.75, 3.05) is 18.4 Å². The van der Waals surface area contributed by atoms with Crippen molar-refractivity contribution in [1.29, 1.82) is 0 Å². The number of nitrogens with zero attached hydrogens (tertiary/aromatic N) is 1. The first kappa shape index (κ1) is 16.7.